The van der Waals surface area contributed by atoms with Gasteiger partial charge in [0.2, 0.25) is 14.3 Å². The van der Waals surface area contributed by atoms with E-state index in [2.05, 4.69) is 20.6 Å². The largest absolute Gasteiger partial charge is 0.396 e. The number of aromatic amines is 1. The minimum Gasteiger partial charge on any atom is -0.396 e. The first kappa shape index (κ1) is 31.9. The number of aliphatic hydroxyl groups is 1. The molecule has 0 bridgehead atoms. The van der Waals surface area contributed by atoms with Gasteiger partial charge in [0.15, 0.2) is 5.60 Å². The average Bonchev–Trinajstić information content (AvgIpc) is 3.81. The maximum Gasteiger partial charge on any atom is 0.268 e. The fourth-order valence-corrected chi connectivity index (χ4v) is 10.3. The molecule has 0 saturated carbocycles. The molecule has 248 valence electrons. The number of aryl methyl sites for hydroxylation is 1. The van der Waals surface area contributed by atoms with Crippen molar-refractivity contribution in [2.24, 2.45) is 5.92 Å². The van der Waals surface area contributed by atoms with E-state index in [1.807, 2.05) is 79.9 Å². The van der Waals surface area contributed by atoms with E-state index in [-0.39, 0.29) is 24.8 Å². The molecule has 2 aromatic heterocycles. The van der Waals surface area contributed by atoms with Crippen molar-refractivity contribution in [1.29, 1.82) is 0 Å². The second kappa shape index (κ2) is 12.4. The lowest BCUT2D eigenvalue weighted by Crippen LogP contribution is -2.44. The van der Waals surface area contributed by atoms with E-state index in [1.165, 1.54) is 0 Å². The highest BCUT2D eigenvalue weighted by Gasteiger charge is 2.67. The Labute approximate surface area is 279 Å². The van der Waals surface area contributed by atoms with Gasteiger partial charge in [-0.15, -0.1) is 5.10 Å². The zero-order chi connectivity index (χ0) is 33.6. The van der Waals surface area contributed by atoms with Crippen LogP contribution in [0.3, 0.4) is 0 Å². The summed E-state index contributed by atoms with van der Waals surface area (Å²) in [5.74, 6) is -0.956. The van der Waals surface area contributed by atoms with Gasteiger partial charge in [0.05, 0.1) is 23.9 Å². The van der Waals surface area contributed by atoms with Crippen LogP contribution >= 0.6 is 0 Å². The summed E-state index contributed by atoms with van der Waals surface area (Å²) < 4.78 is 24.9. The molecule has 10 nitrogen and oxygen atoms in total. The van der Waals surface area contributed by atoms with Crippen LogP contribution in [0.25, 0.3) is 10.9 Å². The number of benzene rings is 3. The minimum atomic E-state index is -3.39. The molecule has 2 amide bonds. The summed E-state index contributed by atoms with van der Waals surface area (Å²) in [6.07, 6.45) is 4.05. The Morgan fingerprint density at radius 1 is 1.12 bits per heavy atom. The molecule has 5 aromatic rings. The van der Waals surface area contributed by atoms with Gasteiger partial charge in [0, 0.05) is 71.3 Å². The van der Waals surface area contributed by atoms with Crippen molar-refractivity contribution >= 4 is 48.2 Å². The van der Waals surface area contributed by atoms with Gasteiger partial charge >= 0.3 is 0 Å². The number of halogens is 1. The van der Waals surface area contributed by atoms with Gasteiger partial charge in [0.1, 0.15) is 0 Å². The monoisotopic (exact) mass is 666 g/mol. The van der Waals surface area contributed by atoms with Crippen LogP contribution in [0, 0.1) is 5.92 Å². The van der Waals surface area contributed by atoms with Crippen LogP contribution in [0.4, 0.5) is 21.2 Å². The van der Waals surface area contributed by atoms with Gasteiger partial charge in [-0.3, -0.25) is 19.2 Å². The fraction of sp³-hybridized carbons (Fsp3) is 0.333. The van der Waals surface area contributed by atoms with Gasteiger partial charge in [-0.1, -0.05) is 48.5 Å². The highest BCUT2D eigenvalue weighted by atomic mass is 28.4. The Balaban J connectivity index is 1.24. The summed E-state index contributed by atoms with van der Waals surface area (Å²) in [6, 6.07) is 22.7. The standard InChI is InChI=1S/C36H39FN6O4Si/c1-23-34(48(2,3)37)32(15-17-42-22-26(16-18-44)40-41-42)47-36(23)29-20-25(13-14-31(29)43(35(36)46)27-9-5-4-6-10-27)39-33(45)19-24-21-38-30-12-8-7-11-28(24)30/h4-14,20-23,32,34,38,44H,15-19H2,1-3H3,(H,39,45)/t23-,32+,34-,36+/m1/s1. The molecule has 1 fully saturated rings. The molecular weight excluding hydrogens is 628 g/mol. The second-order valence-corrected chi connectivity index (χ2v) is 17.1. The summed E-state index contributed by atoms with van der Waals surface area (Å²) in [4.78, 5) is 33.0. The number of H-pyrrole nitrogens is 1. The number of amides is 2. The van der Waals surface area contributed by atoms with Crippen LogP contribution in [0.15, 0.2) is 85.2 Å². The average molecular weight is 667 g/mol. The number of ether oxygens (including phenoxy) is 1. The number of anilines is 3. The molecule has 0 radical (unpaired) electrons. The first-order valence-corrected chi connectivity index (χ1v) is 19.3. The van der Waals surface area contributed by atoms with Crippen LogP contribution in [0.2, 0.25) is 18.6 Å². The molecule has 3 N–H and O–H groups in total. The summed E-state index contributed by atoms with van der Waals surface area (Å²) in [7, 11) is -3.39. The number of hydrogen-bond donors (Lipinski definition) is 3. The van der Waals surface area contributed by atoms with E-state index in [0.29, 0.717) is 47.7 Å². The molecule has 4 heterocycles. The Hall–Kier alpha value is -4.65. The van der Waals surface area contributed by atoms with Crippen LogP contribution < -0.4 is 10.2 Å². The van der Waals surface area contributed by atoms with E-state index in [4.69, 9.17) is 4.74 Å². The number of fused-ring (bicyclic) bond motifs is 3. The first-order chi connectivity index (χ1) is 23.1. The zero-order valence-corrected chi connectivity index (χ0v) is 28.2. The Morgan fingerprint density at radius 2 is 1.90 bits per heavy atom. The molecule has 0 aliphatic carbocycles. The normalized spacial score (nSPS) is 22.1. The molecule has 1 spiro atoms. The molecule has 1 saturated heterocycles. The van der Waals surface area contributed by atoms with E-state index >= 15 is 4.11 Å². The second-order valence-electron chi connectivity index (χ2n) is 13.3. The number of aliphatic hydroxyl groups excluding tert-OH is 1. The first-order valence-electron chi connectivity index (χ1n) is 16.4. The highest BCUT2D eigenvalue weighted by molar-refractivity contribution is 6.72. The number of rotatable bonds is 10. The van der Waals surface area contributed by atoms with E-state index in [0.717, 1.165) is 16.5 Å². The molecule has 48 heavy (non-hydrogen) atoms. The Bertz CT molecular complexity index is 1970. The van der Waals surface area contributed by atoms with E-state index in [1.54, 1.807) is 34.9 Å². The number of nitrogens with one attached hydrogen (secondary N) is 2. The summed E-state index contributed by atoms with van der Waals surface area (Å²) in [5.41, 5.74) is 3.05. The third-order valence-electron chi connectivity index (χ3n) is 9.79. The lowest BCUT2D eigenvalue weighted by molar-refractivity contribution is -0.145. The summed E-state index contributed by atoms with van der Waals surface area (Å²) in [5, 5.41) is 21.6. The van der Waals surface area contributed by atoms with Crippen molar-refractivity contribution in [2.75, 3.05) is 16.8 Å². The van der Waals surface area contributed by atoms with Gasteiger partial charge in [0.25, 0.3) is 5.91 Å². The van der Waals surface area contributed by atoms with E-state index in [9.17, 15) is 14.7 Å². The van der Waals surface area contributed by atoms with Gasteiger partial charge < -0.3 is 24.3 Å². The highest BCUT2D eigenvalue weighted by Crippen LogP contribution is 2.61. The molecule has 2 aliphatic rings. The topological polar surface area (TPSA) is 125 Å². The minimum absolute atomic E-state index is 0.0287. The fourth-order valence-electron chi connectivity index (χ4n) is 7.75. The van der Waals surface area contributed by atoms with Crippen molar-refractivity contribution in [3.8, 4) is 0 Å². The third kappa shape index (κ3) is 5.53. The van der Waals surface area contributed by atoms with Crippen LogP contribution in [0.5, 0.6) is 0 Å². The molecule has 3 aromatic carbocycles. The predicted octanol–water partition coefficient (Wildman–Crippen LogP) is 6.02. The van der Waals surface area contributed by atoms with Crippen molar-refractivity contribution in [2.45, 2.75) is 63.1 Å². The number of nitrogens with zero attached hydrogens (tertiary/aromatic N) is 4. The van der Waals surface area contributed by atoms with Crippen LogP contribution in [0.1, 0.15) is 30.2 Å². The Kier molecular flexibility index (Phi) is 8.26. The molecule has 7 rings (SSSR count). The number of para-hydroxylation sites is 2. The van der Waals surface area contributed by atoms with Gasteiger partial charge in [-0.25, -0.2) is 0 Å². The predicted molar refractivity (Wildman–Crippen MR) is 184 cm³/mol. The molecule has 12 heteroatoms. The maximum atomic E-state index is 16.3. The van der Waals surface area contributed by atoms with Crippen molar-refractivity contribution in [3.05, 3.63) is 102 Å². The molecule has 4 atom stereocenters. The number of carbonyl (C=O) groups is 2. The smallest absolute Gasteiger partial charge is 0.268 e. The van der Waals surface area contributed by atoms with Crippen molar-refractivity contribution in [3.63, 3.8) is 0 Å². The van der Waals surface area contributed by atoms with Gasteiger partial charge in [-0.05, 0) is 61.5 Å². The number of carbonyl (C=O) groups excluding carboxylic acids is 2. The van der Waals surface area contributed by atoms with Gasteiger partial charge in [-0.2, -0.15) is 0 Å². The van der Waals surface area contributed by atoms with Crippen molar-refractivity contribution < 1.29 is 23.5 Å². The summed E-state index contributed by atoms with van der Waals surface area (Å²) >= 11 is 0. The van der Waals surface area contributed by atoms with E-state index < -0.39 is 31.6 Å². The number of aromatic nitrogens is 4. The lowest BCUT2D eigenvalue weighted by Gasteiger charge is -2.31. The molecule has 2 aliphatic heterocycles. The van der Waals surface area contributed by atoms with Crippen LogP contribution in [-0.4, -0.2) is 58.0 Å². The van der Waals surface area contributed by atoms with Crippen LogP contribution in [-0.2, 0) is 39.3 Å². The zero-order valence-electron chi connectivity index (χ0n) is 27.2. The maximum absolute atomic E-state index is 16.3. The molecular formula is C36H39FN6O4Si. The lowest BCUT2D eigenvalue weighted by atomic mass is 9.82. The Morgan fingerprint density at radius 3 is 2.67 bits per heavy atom. The molecule has 0 unspecified atom stereocenters. The third-order valence-corrected chi connectivity index (χ3v) is 12.2. The SMILES string of the molecule is C[C@@H]1[C@@H]([Si](C)(C)F)[C@H](CCn2cc(CCO)nn2)O[C@@]12C(=O)N(c1ccccc1)c1ccc(NC(=O)Cc3c[nH]c4ccccc34)cc12. The summed E-state index contributed by atoms with van der Waals surface area (Å²) in [6.45, 7) is 5.66. The number of hydrogen-bond acceptors (Lipinski definition) is 6. The van der Waals surface area contributed by atoms with Crippen molar-refractivity contribution in [1.82, 2.24) is 20.0 Å². The quantitative estimate of drug-likeness (QED) is 0.124.